The van der Waals surface area contributed by atoms with Gasteiger partial charge in [-0.2, -0.15) is 0 Å². The minimum absolute atomic E-state index is 0.194. The molecule has 2 atom stereocenters. The number of benzene rings is 1. The Balaban J connectivity index is 2.12. The van der Waals surface area contributed by atoms with Gasteiger partial charge in [0.25, 0.3) is 0 Å². The van der Waals surface area contributed by atoms with Crippen molar-refractivity contribution in [3.05, 3.63) is 34.6 Å². The van der Waals surface area contributed by atoms with Gasteiger partial charge in [-0.05, 0) is 70.3 Å². The van der Waals surface area contributed by atoms with Gasteiger partial charge in [-0.3, -0.25) is 4.90 Å². The predicted octanol–water partition coefficient (Wildman–Crippen LogP) is 4.25. The van der Waals surface area contributed by atoms with E-state index >= 15 is 0 Å². The van der Waals surface area contributed by atoms with E-state index in [1.54, 1.807) is 0 Å². The van der Waals surface area contributed by atoms with Crippen molar-refractivity contribution in [2.24, 2.45) is 5.92 Å². The van der Waals surface area contributed by atoms with Crippen molar-refractivity contribution in [1.29, 1.82) is 0 Å². The van der Waals surface area contributed by atoms with Gasteiger partial charge in [-0.15, -0.1) is 0 Å². The van der Waals surface area contributed by atoms with E-state index in [9.17, 15) is 4.39 Å². The number of hydrogen-bond acceptors (Lipinski definition) is 2. The van der Waals surface area contributed by atoms with Crippen LogP contribution in [0.5, 0.6) is 0 Å². The third kappa shape index (κ3) is 4.41. The lowest BCUT2D eigenvalue weighted by Crippen LogP contribution is -2.42. The second-order valence-corrected chi connectivity index (χ2v) is 6.75. The zero-order valence-corrected chi connectivity index (χ0v) is 14.0. The van der Waals surface area contributed by atoms with Crippen LogP contribution in [0.4, 0.5) is 4.39 Å². The van der Waals surface area contributed by atoms with Gasteiger partial charge in [0.1, 0.15) is 5.82 Å². The third-order valence-electron chi connectivity index (χ3n) is 4.44. The first-order valence-electron chi connectivity index (χ1n) is 7.90. The summed E-state index contributed by atoms with van der Waals surface area (Å²) in [7, 11) is 0. The molecule has 0 aliphatic carbocycles. The van der Waals surface area contributed by atoms with Crippen LogP contribution in [0.1, 0.15) is 45.2 Å². The van der Waals surface area contributed by atoms with E-state index < -0.39 is 0 Å². The minimum Gasteiger partial charge on any atom is -0.316 e. The van der Waals surface area contributed by atoms with Gasteiger partial charge in [0.15, 0.2) is 0 Å². The largest absolute Gasteiger partial charge is 0.316 e. The molecule has 0 bridgehead atoms. The molecule has 21 heavy (non-hydrogen) atoms. The first-order valence-corrected chi connectivity index (χ1v) is 8.28. The van der Waals surface area contributed by atoms with Gasteiger partial charge in [-0.25, -0.2) is 4.39 Å². The summed E-state index contributed by atoms with van der Waals surface area (Å²) in [4.78, 5) is 2.47. The van der Waals surface area contributed by atoms with Crippen LogP contribution >= 0.6 is 11.6 Å². The Morgan fingerprint density at radius 3 is 2.71 bits per heavy atom. The molecule has 1 heterocycles. The van der Waals surface area contributed by atoms with Crippen LogP contribution in [-0.2, 0) is 0 Å². The highest BCUT2D eigenvalue weighted by molar-refractivity contribution is 6.31. The lowest BCUT2D eigenvalue weighted by atomic mass is 9.96. The SMILES string of the molecule is CC(C)N(CC1CCCNC1)C(C)c1ccc(F)cc1Cl. The Bertz CT molecular complexity index is 458. The van der Waals surface area contributed by atoms with Crippen LogP contribution in [0, 0.1) is 11.7 Å². The second-order valence-electron chi connectivity index (χ2n) is 6.34. The lowest BCUT2D eigenvalue weighted by molar-refractivity contribution is 0.127. The molecule has 0 saturated carbocycles. The van der Waals surface area contributed by atoms with Gasteiger partial charge >= 0.3 is 0 Å². The topological polar surface area (TPSA) is 15.3 Å². The maximum Gasteiger partial charge on any atom is 0.124 e. The maximum absolute atomic E-state index is 13.2. The first kappa shape index (κ1) is 16.7. The first-order chi connectivity index (χ1) is 9.99. The molecule has 1 aliphatic rings. The monoisotopic (exact) mass is 312 g/mol. The predicted molar refractivity (Wildman–Crippen MR) is 87.3 cm³/mol. The molecule has 118 valence electrons. The number of nitrogens with one attached hydrogen (secondary N) is 1. The molecule has 1 fully saturated rings. The van der Waals surface area contributed by atoms with E-state index in [0.29, 0.717) is 17.0 Å². The number of hydrogen-bond donors (Lipinski definition) is 1. The summed E-state index contributed by atoms with van der Waals surface area (Å²) in [6, 6.07) is 5.35. The molecule has 0 amide bonds. The molecule has 2 unspecified atom stereocenters. The van der Waals surface area contributed by atoms with Crippen LogP contribution in [0.2, 0.25) is 5.02 Å². The Morgan fingerprint density at radius 2 is 2.14 bits per heavy atom. The molecule has 1 aromatic carbocycles. The summed E-state index contributed by atoms with van der Waals surface area (Å²) in [5.41, 5.74) is 1.01. The smallest absolute Gasteiger partial charge is 0.124 e. The molecular formula is C17H26ClFN2. The fraction of sp³-hybridized carbons (Fsp3) is 0.647. The molecule has 0 radical (unpaired) electrons. The Labute approximate surface area is 132 Å². The molecule has 2 nitrogen and oxygen atoms in total. The van der Waals surface area contributed by atoms with Crippen molar-refractivity contribution >= 4 is 11.6 Å². The van der Waals surface area contributed by atoms with Crippen LogP contribution in [0.3, 0.4) is 0 Å². The van der Waals surface area contributed by atoms with Crippen molar-refractivity contribution in [2.45, 2.75) is 45.7 Å². The quantitative estimate of drug-likeness (QED) is 0.874. The van der Waals surface area contributed by atoms with Gasteiger partial charge in [-0.1, -0.05) is 17.7 Å². The lowest BCUT2D eigenvalue weighted by Gasteiger charge is -2.37. The Morgan fingerprint density at radius 1 is 1.38 bits per heavy atom. The standard InChI is InChI=1S/C17H26ClFN2/c1-12(2)21(11-14-5-4-8-20-10-14)13(3)16-7-6-15(19)9-17(16)18/h6-7,9,12-14,20H,4-5,8,10-11H2,1-3H3. The van der Waals surface area contributed by atoms with Gasteiger partial charge in [0.05, 0.1) is 0 Å². The number of rotatable bonds is 5. The Hall–Kier alpha value is -0.640. The van der Waals surface area contributed by atoms with E-state index in [0.717, 1.165) is 25.2 Å². The normalized spacial score (nSPS) is 21.0. The molecule has 1 N–H and O–H groups in total. The number of halogens is 2. The zero-order valence-electron chi connectivity index (χ0n) is 13.2. The van der Waals surface area contributed by atoms with Crippen LogP contribution in [0.25, 0.3) is 0 Å². The van der Waals surface area contributed by atoms with Gasteiger partial charge in [0.2, 0.25) is 0 Å². The average molecular weight is 313 g/mol. The van der Waals surface area contributed by atoms with Crippen molar-refractivity contribution in [2.75, 3.05) is 19.6 Å². The maximum atomic E-state index is 13.2. The van der Waals surface area contributed by atoms with Crippen molar-refractivity contribution in [3.8, 4) is 0 Å². The minimum atomic E-state index is -0.275. The summed E-state index contributed by atoms with van der Waals surface area (Å²) in [6.45, 7) is 9.87. The highest BCUT2D eigenvalue weighted by Gasteiger charge is 2.25. The average Bonchev–Trinajstić information content (AvgIpc) is 2.45. The molecule has 1 aromatic rings. The zero-order chi connectivity index (χ0) is 15.4. The van der Waals surface area contributed by atoms with Gasteiger partial charge < -0.3 is 5.32 Å². The second kappa shape index (κ2) is 7.57. The van der Waals surface area contributed by atoms with Crippen molar-refractivity contribution in [1.82, 2.24) is 10.2 Å². The summed E-state index contributed by atoms with van der Waals surface area (Å²) in [5.74, 6) is 0.409. The Kier molecular flexibility index (Phi) is 6.03. The molecule has 0 spiro atoms. The molecule has 2 rings (SSSR count). The van der Waals surface area contributed by atoms with E-state index in [1.807, 2.05) is 6.07 Å². The van der Waals surface area contributed by atoms with Crippen molar-refractivity contribution in [3.63, 3.8) is 0 Å². The van der Waals surface area contributed by atoms with Crippen molar-refractivity contribution < 1.29 is 4.39 Å². The summed E-state index contributed by atoms with van der Waals surface area (Å²) >= 11 is 6.24. The fourth-order valence-electron chi connectivity index (χ4n) is 3.21. The highest BCUT2D eigenvalue weighted by Crippen LogP contribution is 2.30. The molecule has 0 aromatic heterocycles. The number of nitrogens with zero attached hydrogens (tertiary/aromatic N) is 1. The molecule has 4 heteroatoms. The van der Waals surface area contributed by atoms with E-state index in [1.165, 1.54) is 25.0 Å². The summed E-state index contributed by atoms with van der Waals surface area (Å²) in [5, 5.41) is 4.00. The number of piperidine rings is 1. The van der Waals surface area contributed by atoms with Crippen LogP contribution in [-0.4, -0.2) is 30.6 Å². The van der Waals surface area contributed by atoms with E-state index in [-0.39, 0.29) is 11.9 Å². The van der Waals surface area contributed by atoms with Gasteiger partial charge in [0, 0.05) is 23.7 Å². The summed E-state index contributed by atoms with van der Waals surface area (Å²) in [6.07, 6.45) is 2.53. The van der Waals surface area contributed by atoms with Crippen LogP contribution < -0.4 is 5.32 Å². The molecule has 1 saturated heterocycles. The fourth-order valence-corrected chi connectivity index (χ4v) is 3.54. The van der Waals surface area contributed by atoms with E-state index in [4.69, 9.17) is 11.6 Å². The molecular weight excluding hydrogens is 287 g/mol. The highest BCUT2D eigenvalue weighted by atomic mass is 35.5. The third-order valence-corrected chi connectivity index (χ3v) is 4.77. The summed E-state index contributed by atoms with van der Waals surface area (Å²) < 4.78 is 13.2. The van der Waals surface area contributed by atoms with E-state index in [2.05, 4.69) is 31.0 Å². The molecule has 1 aliphatic heterocycles. The van der Waals surface area contributed by atoms with Crippen LogP contribution in [0.15, 0.2) is 18.2 Å².